The SMILES string of the molecule is CCCCCCCCCCOc1ccc(COCC(COC(=O)c2ccc(OCCCCCCCCCC)c(OCCCCCCCCCC)c2)(COC(=O)c2ccc(OCCCCCCCCCC)c(OCCCCCCCCCC)c2)COC(=O)c2ccc(OCCCCCCCCCC)c(OCCCCCCCCCC)c2)cc1OCCCCCCCCCC. The normalized spacial score (nSPS) is 11.5. The molecular formula is C113H190O15. The second-order valence-electron chi connectivity index (χ2n) is 37.1. The molecule has 0 unspecified atom stereocenters. The third-order valence-corrected chi connectivity index (χ3v) is 24.8. The van der Waals surface area contributed by atoms with Crippen molar-refractivity contribution in [3.05, 3.63) is 95.1 Å². The van der Waals surface area contributed by atoms with E-state index >= 15 is 14.4 Å². The van der Waals surface area contributed by atoms with Crippen LogP contribution in [0.2, 0.25) is 0 Å². The molecule has 0 heterocycles. The molecule has 0 aliphatic carbocycles. The minimum atomic E-state index is -1.52. The quantitative estimate of drug-likeness (QED) is 0.0233. The highest BCUT2D eigenvalue weighted by atomic mass is 16.6. The molecule has 0 saturated heterocycles. The van der Waals surface area contributed by atoms with Gasteiger partial charge in [0.05, 0.1) is 88.2 Å². The fourth-order valence-corrected chi connectivity index (χ4v) is 16.4. The Morgan fingerprint density at radius 2 is 0.367 bits per heavy atom. The van der Waals surface area contributed by atoms with Crippen LogP contribution in [0.25, 0.3) is 0 Å². The summed E-state index contributed by atoms with van der Waals surface area (Å²) < 4.78 is 79.1. The lowest BCUT2D eigenvalue weighted by Gasteiger charge is -2.32. The first-order valence-corrected chi connectivity index (χ1v) is 53.7. The number of carbonyl (C=O) groups excluding carboxylic acids is 3. The standard InChI is InChI=1S/C113H190O15/c1-9-17-25-33-41-49-57-65-81-118-102-77-73-98(89-106(102)122-85-69-61-53-45-37-29-21-13-5)93-117-94-113(95-126-110(114)99-74-78-103(119-82-66-58-50-42-34-26-18-10-2)107(90-99)123-86-70-62-54-46-38-30-22-14-6,96-127-111(115)100-75-79-104(120-83-67-59-51-43-35-27-19-11-3)108(91-100)124-87-71-63-55-47-39-31-23-15-7)97-128-112(116)101-76-80-105(121-84-68-60-52-44-36-28-20-12-4)109(92-101)125-88-72-64-56-48-40-32-24-16-8/h73-80,89-92H,9-72,81-88,93-97H2,1-8H3. The zero-order valence-electron chi connectivity index (χ0n) is 83.5. The second kappa shape index (κ2) is 81.4. The lowest BCUT2D eigenvalue weighted by Crippen LogP contribution is -2.43. The maximum Gasteiger partial charge on any atom is 0.338 e. The molecule has 4 aromatic rings. The number of carbonyl (C=O) groups is 3. The molecule has 0 saturated carbocycles. The summed E-state index contributed by atoms with van der Waals surface area (Å²) in [7, 11) is 0. The fourth-order valence-electron chi connectivity index (χ4n) is 16.4. The van der Waals surface area contributed by atoms with Gasteiger partial charge in [0.25, 0.3) is 0 Å². The molecule has 0 amide bonds. The summed E-state index contributed by atoms with van der Waals surface area (Å²) in [5.74, 6) is 2.53. The van der Waals surface area contributed by atoms with Crippen molar-refractivity contribution in [3.8, 4) is 46.0 Å². The predicted molar refractivity (Wildman–Crippen MR) is 534 cm³/mol. The minimum absolute atomic E-state index is 0.0734. The van der Waals surface area contributed by atoms with E-state index in [2.05, 4.69) is 55.4 Å². The third kappa shape index (κ3) is 57.8. The van der Waals surface area contributed by atoms with E-state index in [4.69, 9.17) is 56.8 Å². The Morgan fingerprint density at radius 3 is 0.570 bits per heavy atom. The molecule has 0 bridgehead atoms. The summed E-state index contributed by atoms with van der Waals surface area (Å²) in [6.45, 7) is 20.8. The van der Waals surface area contributed by atoms with Gasteiger partial charge in [0.1, 0.15) is 19.8 Å². The summed E-state index contributed by atoms with van der Waals surface area (Å²) in [4.78, 5) is 45.6. The Bertz CT molecular complexity index is 3000. The van der Waals surface area contributed by atoms with E-state index in [0.29, 0.717) is 98.9 Å². The van der Waals surface area contributed by atoms with Crippen LogP contribution in [-0.4, -0.2) is 97.2 Å². The highest BCUT2D eigenvalue weighted by molar-refractivity contribution is 5.91. The number of hydrogen-bond acceptors (Lipinski definition) is 15. The van der Waals surface area contributed by atoms with Gasteiger partial charge in [-0.3, -0.25) is 0 Å². The zero-order chi connectivity index (χ0) is 91.6. The fraction of sp³-hybridized carbons (Fsp3) is 0.761. The first-order chi connectivity index (χ1) is 63.1. The highest BCUT2D eigenvalue weighted by Crippen LogP contribution is 2.36. The van der Waals surface area contributed by atoms with Crippen LogP contribution in [0.1, 0.15) is 503 Å². The molecule has 15 heteroatoms. The van der Waals surface area contributed by atoms with Crippen molar-refractivity contribution in [3.63, 3.8) is 0 Å². The summed E-state index contributed by atoms with van der Waals surface area (Å²) in [5.41, 5.74) is 0.0349. The Labute approximate surface area is 783 Å². The molecule has 0 aliphatic heterocycles. The number of rotatable bonds is 93. The molecule has 15 nitrogen and oxygen atoms in total. The number of unbranched alkanes of at least 4 members (excludes halogenated alkanes) is 56. The van der Waals surface area contributed by atoms with Gasteiger partial charge in [-0.15, -0.1) is 0 Å². The molecule has 0 atom stereocenters. The van der Waals surface area contributed by atoms with E-state index in [0.717, 1.165) is 147 Å². The van der Waals surface area contributed by atoms with Crippen molar-refractivity contribution in [1.29, 1.82) is 0 Å². The van der Waals surface area contributed by atoms with Gasteiger partial charge in [-0.1, -0.05) is 421 Å². The average molecular weight is 1790 g/mol. The van der Waals surface area contributed by atoms with Crippen molar-refractivity contribution >= 4 is 17.9 Å². The van der Waals surface area contributed by atoms with E-state index < -0.39 is 43.1 Å². The average Bonchev–Trinajstić information content (AvgIpc) is 0.833. The lowest BCUT2D eigenvalue weighted by atomic mass is 9.92. The van der Waals surface area contributed by atoms with E-state index in [1.807, 2.05) is 36.4 Å². The number of esters is 3. The first-order valence-electron chi connectivity index (χ1n) is 53.7. The highest BCUT2D eigenvalue weighted by Gasteiger charge is 2.38. The minimum Gasteiger partial charge on any atom is -0.490 e. The summed E-state index contributed by atoms with van der Waals surface area (Å²) in [6.07, 6.45) is 75.0. The van der Waals surface area contributed by atoms with Crippen molar-refractivity contribution < 1.29 is 71.2 Å². The zero-order valence-corrected chi connectivity index (χ0v) is 83.5. The Kier molecular flexibility index (Phi) is 72.5. The molecule has 4 aromatic carbocycles. The Morgan fingerprint density at radius 1 is 0.195 bits per heavy atom. The van der Waals surface area contributed by atoms with E-state index in [1.165, 1.54) is 270 Å². The van der Waals surface area contributed by atoms with Crippen LogP contribution in [-0.2, 0) is 25.6 Å². The summed E-state index contributed by atoms with van der Waals surface area (Å²) in [5, 5.41) is 0. The van der Waals surface area contributed by atoms with Crippen LogP contribution in [0.15, 0.2) is 72.8 Å². The van der Waals surface area contributed by atoms with Crippen molar-refractivity contribution in [1.82, 2.24) is 0 Å². The Balaban J connectivity index is 1.86. The van der Waals surface area contributed by atoms with Gasteiger partial charge in [0, 0.05) is 0 Å². The van der Waals surface area contributed by atoms with E-state index in [1.54, 1.807) is 36.4 Å². The topological polar surface area (TPSA) is 162 Å². The third-order valence-electron chi connectivity index (χ3n) is 24.8. The van der Waals surface area contributed by atoms with Gasteiger partial charge in [0.15, 0.2) is 46.0 Å². The number of hydrogen-bond donors (Lipinski definition) is 0. The molecule has 732 valence electrons. The smallest absolute Gasteiger partial charge is 0.338 e. The number of ether oxygens (including phenoxy) is 12. The van der Waals surface area contributed by atoms with Crippen LogP contribution in [0.4, 0.5) is 0 Å². The van der Waals surface area contributed by atoms with Gasteiger partial charge < -0.3 is 56.8 Å². The van der Waals surface area contributed by atoms with Crippen molar-refractivity contribution in [2.45, 2.75) is 473 Å². The molecule has 0 aliphatic rings. The molecule has 0 aromatic heterocycles. The predicted octanol–water partition coefficient (Wildman–Crippen LogP) is 33.9. The van der Waals surface area contributed by atoms with Crippen molar-refractivity contribution in [2.24, 2.45) is 5.41 Å². The molecule has 128 heavy (non-hydrogen) atoms. The van der Waals surface area contributed by atoms with Gasteiger partial charge in [-0.25, -0.2) is 14.4 Å². The van der Waals surface area contributed by atoms with E-state index in [9.17, 15) is 0 Å². The van der Waals surface area contributed by atoms with Crippen LogP contribution < -0.4 is 37.9 Å². The van der Waals surface area contributed by atoms with Crippen LogP contribution in [0.3, 0.4) is 0 Å². The molecule has 0 spiro atoms. The van der Waals surface area contributed by atoms with Crippen LogP contribution in [0.5, 0.6) is 46.0 Å². The van der Waals surface area contributed by atoms with E-state index in [-0.39, 0.29) is 29.9 Å². The summed E-state index contributed by atoms with van der Waals surface area (Å²) in [6, 6.07) is 21.7. The van der Waals surface area contributed by atoms with Gasteiger partial charge in [0.2, 0.25) is 0 Å². The largest absolute Gasteiger partial charge is 0.490 e. The molecule has 0 fully saturated rings. The molecule has 0 N–H and O–H groups in total. The van der Waals surface area contributed by atoms with Gasteiger partial charge >= 0.3 is 17.9 Å². The molecular weight excluding hydrogens is 1600 g/mol. The van der Waals surface area contributed by atoms with Crippen LogP contribution >= 0.6 is 0 Å². The first kappa shape index (κ1) is 114. The maximum absolute atomic E-state index is 15.2. The van der Waals surface area contributed by atoms with Gasteiger partial charge in [-0.2, -0.15) is 0 Å². The number of benzene rings is 4. The molecule has 4 rings (SSSR count). The summed E-state index contributed by atoms with van der Waals surface area (Å²) >= 11 is 0. The monoisotopic (exact) mass is 1790 g/mol. The Hall–Kier alpha value is -6.35. The maximum atomic E-state index is 15.2. The van der Waals surface area contributed by atoms with Gasteiger partial charge in [-0.05, 0) is 124 Å². The molecule has 0 radical (unpaired) electrons. The lowest BCUT2D eigenvalue weighted by molar-refractivity contribution is -0.0782. The second-order valence-corrected chi connectivity index (χ2v) is 37.1. The van der Waals surface area contributed by atoms with Crippen molar-refractivity contribution in [2.75, 3.05) is 79.3 Å². The van der Waals surface area contributed by atoms with Crippen LogP contribution in [0, 0.1) is 5.41 Å².